The minimum absolute atomic E-state index is 0.145. The van der Waals surface area contributed by atoms with E-state index in [1.807, 2.05) is 6.07 Å². The van der Waals surface area contributed by atoms with E-state index in [2.05, 4.69) is 41.8 Å². The Morgan fingerprint density at radius 3 is 2.78 bits per heavy atom. The van der Waals surface area contributed by atoms with Gasteiger partial charge in [-0.15, -0.1) is 0 Å². The Kier molecular flexibility index (Phi) is 5.64. The average Bonchev–Trinajstić information content (AvgIpc) is 2.91. The molecule has 0 atom stereocenters. The maximum Gasteiger partial charge on any atom is 0.0540 e. The summed E-state index contributed by atoms with van der Waals surface area (Å²) in [4.78, 5) is 0. The molecule has 1 aromatic carbocycles. The van der Waals surface area contributed by atoms with E-state index in [0.717, 1.165) is 16.6 Å². The molecule has 0 spiro atoms. The molecule has 0 heterocycles. The number of rotatable bonds is 4. The van der Waals surface area contributed by atoms with Gasteiger partial charge in [0.25, 0.3) is 0 Å². The highest BCUT2D eigenvalue weighted by Gasteiger charge is 2.15. The van der Waals surface area contributed by atoms with Gasteiger partial charge in [0.2, 0.25) is 0 Å². The molecule has 0 bridgehead atoms. The van der Waals surface area contributed by atoms with Crippen LogP contribution in [-0.2, 0) is 5.75 Å². The molecular weight excluding hydrogens is 240 g/mol. The van der Waals surface area contributed by atoms with Crippen molar-refractivity contribution >= 4 is 11.8 Å². The molecule has 0 saturated heterocycles. The zero-order valence-electron chi connectivity index (χ0n) is 10.7. The van der Waals surface area contributed by atoms with Crippen LogP contribution in [0.1, 0.15) is 43.2 Å². The van der Waals surface area contributed by atoms with E-state index in [1.165, 1.54) is 31.2 Å². The third kappa shape index (κ3) is 4.08. The number of aliphatic hydroxyl groups excluding tert-OH is 1. The van der Waals surface area contributed by atoms with Crippen molar-refractivity contribution in [3.05, 3.63) is 35.4 Å². The summed E-state index contributed by atoms with van der Waals surface area (Å²) < 4.78 is 0. The molecule has 2 rings (SSSR count). The predicted molar refractivity (Wildman–Crippen MR) is 78.6 cm³/mol. The molecule has 1 fully saturated rings. The second kappa shape index (κ2) is 7.51. The van der Waals surface area contributed by atoms with E-state index in [1.54, 1.807) is 0 Å². The second-order valence-corrected chi connectivity index (χ2v) is 5.94. The van der Waals surface area contributed by atoms with Crippen LogP contribution in [0.4, 0.5) is 0 Å². The maximum absolute atomic E-state index is 8.75. The summed E-state index contributed by atoms with van der Waals surface area (Å²) in [5, 5.41) is 9.60. The highest BCUT2D eigenvalue weighted by molar-refractivity contribution is 7.99. The zero-order chi connectivity index (χ0) is 12.6. The topological polar surface area (TPSA) is 20.2 Å². The Morgan fingerprint density at radius 1 is 1.22 bits per heavy atom. The van der Waals surface area contributed by atoms with Crippen LogP contribution < -0.4 is 0 Å². The Hall–Kier alpha value is -0.910. The molecule has 1 aliphatic carbocycles. The van der Waals surface area contributed by atoms with E-state index < -0.39 is 0 Å². The Bertz CT molecular complexity index is 424. The predicted octanol–water partition coefficient (Wildman–Crippen LogP) is 3.60. The average molecular weight is 260 g/mol. The van der Waals surface area contributed by atoms with Crippen LogP contribution in [0.5, 0.6) is 0 Å². The lowest BCUT2D eigenvalue weighted by atomic mass is 10.1. The number of benzene rings is 1. The van der Waals surface area contributed by atoms with Gasteiger partial charge in [-0.1, -0.05) is 42.9 Å². The molecule has 0 aliphatic heterocycles. The first-order chi connectivity index (χ1) is 8.90. The Morgan fingerprint density at radius 2 is 2.00 bits per heavy atom. The van der Waals surface area contributed by atoms with Gasteiger partial charge in [-0.05, 0) is 24.5 Å². The molecule has 1 aromatic rings. The Balaban J connectivity index is 1.96. The molecule has 96 valence electrons. The fourth-order valence-electron chi connectivity index (χ4n) is 2.24. The van der Waals surface area contributed by atoms with E-state index in [0.29, 0.717) is 6.42 Å². The third-order valence-corrected chi connectivity index (χ3v) is 4.67. The van der Waals surface area contributed by atoms with Crippen molar-refractivity contribution in [2.45, 2.75) is 43.1 Å². The largest absolute Gasteiger partial charge is 0.395 e. The molecule has 0 aromatic heterocycles. The minimum atomic E-state index is 0.145. The fourth-order valence-corrected chi connectivity index (χ4v) is 3.58. The second-order valence-electron chi connectivity index (χ2n) is 4.65. The Labute approximate surface area is 114 Å². The SMILES string of the molecule is OCCC#Cc1ccccc1CSC1CCCC1. The smallest absolute Gasteiger partial charge is 0.0540 e. The van der Waals surface area contributed by atoms with Crippen LogP contribution in [0.15, 0.2) is 24.3 Å². The number of hydrogen-bond donors (Lipinski definition) is 1. The van der Waals surface area contributed by atoms with Crippen molar-refractivity contribution < 1.29 is 5.11 Å². The minimum Gasteiger partial charge on any atom is -0.395 e. The normalized spacial score (nSPS) is 15.4. The molecule has 1 N–H and O–H groups in total. The van der Waals surface area contributed by atoms with Gasteiger partial charge in [0.1, 0.15) is 0 Å². The van der Waals surface area contributed by atoms with Crippen LogP contribution in [-0.4, -0.2) is 17.0 Å². The molecule has 18 heavy (non-hydrogen) atoms. The molecule has 0 radical (unpaired) electrons. The highest BCUT2D eigenvalue weighted by Crippen LogP contribution is 2.32. The summed E-state index contributed by atoms with van der Waals surface area (Å²) in [6.45, 7) is 0.145. The molecule has 2 heteroatoms. The summed E-state index contributed by atoms with van der Waals surface area (Å²) in [5.41, 5.74) is 2.45. The van der Waals surface area contributed by atoms with Gasteiger partial charge in [0.05, 0.1) is 6.61 Å². The maximum atomic E-state index is 8.75. The standard InChI is InChI=1S/C16H20OS/c17-12-6-5-8-14-7-1-2-9-15(14)13-18-16-10-3-4-11-16/h1-2,7,9,16-17H,3-4,6,10-13H2. The van der Waals surface area contributed by atoms with E-state index in [9.17, 15) is 0 Å². The van der Waals surface area contributed by atoms with Crippen LogP contribution in [0.25, 0.3) is 0 Å². The van der Waals surface area contributed by atoms with E-state index in [4.69, 9.17) is 5.11 Å². The van der Waals surface area contributed by atoms with Gasteiger partial charge in [0, 0.05) is 23.0 Å². The number of thioether (sulfide) groups is 1. The molecule has 1 saturated carbocycles. The summed E-state index contributed by atoms with van der Waals surface area (Å²) in [6.07, 6.45) is 6.11. The van der Waals surface area contributed by atoms with E-state index >= 15 is 0 Å². The van der Waals surface area contributed by atoms with E-state index in [-0.39, 0.29) is 6.61 Å². The summed E-state index contributed by atoms with van der Waals surface area (Å²) in [6, 6.07) is 8.37. The quantitative estimate of drug-likeness (QED) is 0.835. The first-order valence-electron chi connectivity index (χ1n) is 6.69. The van der Waals surface area contributed by atoms with Crippen molar-refractivity contribution in [1.29, 1.82) is 0 Å². The lowest BCUT2D eigenvalue weighted by Gasteiger charge is -2.09. The van der Waals surface area contributed by atoms with Gasteiger partial charge in [0.15, 0.2) is 0 Å². The molecular formula is C16H20OS. The van der Waals surface area contributed by atoms with Crippen LogP contribution in [0, 0.1) is 11.8 Å². The monoisotopic (exact) mass is 260 g/mol. The molecule has 0 unspecified atom stereocenters. The summed E-state index contributed by atoms with van der Waals surface area (Å²) in [7, 11) is 0. The van der Waals surface area contributed by atoms with Crippen molar-refractivity contribution in [1.82, 2.24) is 0 Å². The molecule has 1 aliphatic rings. The van der Waals surface area contributed by atoms with Crippen molar-refractivity contribution in [3.63, 3.8) is 0 Å². The van der Waals surface area contributed by atoms with Crippen molar-refractivity contribution in [2.24, 2.45) is 0 Å². The van der Waals surface area contributed by atoms with Crippen LogP contribution in [0.3, 0.4) is 0 Å². The summed E-state index contributed by atoms with van der Waals surface area (Å²) in [5.74, 6) is 7.24. The van der Waals surface area contributed by atoms with Crippen molar-refractivity contribution in [3.8, 4) is 11.8 Å². The highest BCUT2D eigenvalue weighted by atomic mass is 32.2. The van der Waals surface area contributed by atoms with Gasteiger partial charge in [-0.25, -0.2) is 0 Å². The van der Waals surface area contributed by atoms with Crippen molar-refractivity contribution in [2.75, 3.05) is 6.61 Å². The van der Waals surface area contributed by atoms with Crippen LogP contribution >= 0.6 is 11.8 Å². The number of hydrogen-bond acceptors (Lipinski definition) is 2. The summed E-state index contributed by atoms with van der Waals surface area (Å²) >= 11 is 2.07. The third-order valence-electron chi connectivity index (χ3n) is 3.25. The van der Waals surface area contributed by atoms with Gasteiger partial charge in [-0.3, -0.25) is 0 Å². The van der Waals surface area contributed by atoms with Gasteiger partial charge in [-0.2, -0.15) is 11.8 Å². The van der Waals surface area contributed by atoms with Crippen LogP contribution in [0.2, 0.25) is 0 Å². The zero-order valence-corrected chi connectivity index (χ0v) is 11.5. The lowest BCUT2D eigenvalue weighted by molar-refractivity contribution is 0.305. The number of aliphatic hydroxyl groups is 1. The van der Waals surface area contributed by atoms with Gasteiger partial charge >= 0.3 is 0 Å². The first-order valence-corrected chi connectivity index (χ1v) is 7.74. The fraction of sp³-hybridized carbons (Fsp3) is 0.500. The first kappa shape index (κ1) is 13.5. The molecule has 1 nitrogen and oxygen atoms in total. The lowest BCUT2D eigenvalue weighted by Crippen LogP contribution is -1.96. The molecule has 0 amide bonds. The van der Waals surface area contributed by atoms with Gasteiger partial charge < -0.3 is 5.11 Å².